The second-order valence-electron chi connectivity index (χ2n) is 6.89. The third-order valence-corrected chi connectivity index (χ3v) is 4.86. The lowest BCUT2D eigenvalue weighted by Gasteiger charge is -2.22. The van der Waals surface area contributed by atoms with Gasteiger partial charge in [-0.1, -0.05) is 6.07 Å². The molecule has 152 valence electrons. The van der Waals surface area contributed by atoms with Crippen molar-refractivity contribution in [1.29, 1.82) is 0 Å². The van der Waals surface area contributed by atoms with Crippen molar-refractivity contribution in [3.63, 3.8) is 0 Å². The summed E-state index contributed by atoms with van der Waals surface area (Å²) < 4.78 is 5.44. The van der Waals surface area contributed by atoms with E-state index < -0.39 is 0 Å². The molecule has 0 aliphatic heterocycles. The average molecular weight is 392 g/mol. The first-order valence-corrected chi connectivity index (χ1v) is 9.91. The van der Waals surface area contributed by atoms with E-state index in [9.17, 15) is 0 Å². The highest BCUT2D eigenvalue weighted by Gasteiger charge is 2.08. The van der Waals surface area contributed by atoms with Crippen LogP contribution in [-0.4, -0.2) is 30.2 Å². The second kappa shape index (κ2) is 9.28. The van der Waals surface area contributed by atoms with Crippen molar-refractivity contribution in [1.82, 2.24) is 9.97 Å². The molecule has 6 heteroatoms. The van der Waals surface area contributed by atoms with Crippen molar-refractivity contribution in [2.45, 2.75) is 27.7 Å². The molecule has 3 aromatic rings. The molecule has 0 spiro atoms. The van der Waals surface area contributed by atoms with Crippen molar-refractivity contribution in [3.8, 4) is 5.75 Å². The molecule has 6 nitrogen and oxygen atoms in total. The third-order valence-electron chi connectivity index (χ3n) is 4.86. The summed E-state index contributed by atoms with van der Waals surface area (Å²) in [7, 11) is 1.66. The van der Waals surface area contributed by atoms with Crippen molar-refractivity contribution < 1.29 is 4.74 Å². The molecular weight excluding hydrogens is 362 g/mol. The van der Waals surface area contributed by atoms with E-state index in [2.05, 4.69) is 64.5 Å². The van der Waals surface area contributed by atoms with Crippen molar-refractivity contribution in [3.05, 3.63) is 59.8 Å². The molecule has 1 heterocycles. The second-order valence-corrected chi connectivity index (χ2v) is 6.89. The Kier molecular flexibility index (Phi) is 6.54. The Morgan fingerprint density at radius 3 is 2.41 bits per heavy atom. The molecular formula is C23H29N5O. The molecule has 2 N–H and O–H groups in total. The number of methoxy groups -OCH3 is 1. The Balaban J connectivity index is 1.79. The van der Waals surface area contributed by atoms with Gasteiger partial charge in [0.2, 0.25) is 5.95 Å². The smallest absolute Gasteiger partial charge is 0.229 e. The molecule has 0 aliphatic rings. The first-order chi connectivity index (χ1) is 14.0. The summed E-state index contributed by atoms with van der Waals surface area (Å²) in [5, 5.41) is 6.65. The van der Waals surface area contributed by atoms with Gasteiger partial charge in [0.15, 0.2) is 0 Å². The predicted octanol–water partition coefficient (Wildman–Crippen LogP) is 5.44. The zero-order chi connectivity index (χ0) is 20.8. The lowest BCUT2D eigenvalue weighted by molar-refractivity contribution is 0.416. The van der Waals surface area contributed by atoms with Gasteiger partial charge in [0.05, 0.1) is 12.8 Å². The first kappa shape index (κ1) is 20.5. The minimum absolute atomic E-state index is 0.542. The summed E-state index contributed by atoms with van der Waals surface area (Å²) in [5.74, 6) is 2.01. The maximum atomic E-state index is 5.44. The number of hydrogen-bond acceptors (Lipinski definition) is 6. The largest absolute Gasteiger partial charge is 0.495 e. The molecule has 29 heavy (non-hydrogen) atoms. The van der Waals surface area contributed by atoms with Crippen molar-refractivity contribution >= 4 is 28.8 Å². The highest BCUT2D eigenvalue weighted by atomic mass is 16.5. The monoisotopic (exact) mass is 391 g/mol. The Bertz CT molecular complexity index is 969. The Morgan fingerprint density at radius 2 is 1.72 bits per heavy atom. The first-order valence-electron chi connectivity index (χ1n) is 9.91. The normalized spacial score (nSPS) is 10.5. The topological polar surface area (TPSA) is 62.3 Å². The van der Waals surface area contributed by atoms with E-state index in [1.165, 1.54) is 5.69 Å². The third kappa shape index (κ3) is 4.96. The molecule has 1 aromatic heterocycles. The van der Waals surface area contributed by atoms with Gasteiger partial charge in [-0.05, 0) is 75.2 Å². The SMILES string of the molecule is CCN(CC)c1ccc(Nc2nccc(Nc3cc(C)ccc3OC)n2)c(C)c1. The van der Waals surface area contributed by atoms with E-state index in [1.807, 2.05) is 31.2 Å². The summed E-state index contributed by atoms with van der Waals surface area (Å²) in [6.45, 7) is 10.4. The van der Waals surface area contributed by atoms with E-state index in [4.69, 9.17) is 4.74 Å². The number of ether oxygens (including phenoxy) is 1. The molecule has 0 unspecified atom stereocenters. The molecule has 0 saturated carbocycles. The Hall–Kier alpha value is -3.28. The van der Waals surface area contributed by atoms with Crippen LogP contribution >= 0.6 is 0 Å². The van der Waals surface area contributed by atoms with Crippen LogP contribution in [-0.2, 0) is 0 Å². The van der Waals surface area contributed by atoms with Gasteiger partial charge in [-0.3, -0.25) is 0 Å². The number of anilines is 5. The summed E-state index contributed by atoms with van der Waals surface area (Å²) >= 11 is 0. The molecule has 0 fully saturated rings. The maximum absolute atomic E-state index is 5.44. The van der Waals surface area contributed by atoms with Crippen LogP contribution in [0.5, 0.6) is 5.75 Å². The minimum Gasteiger partial charge on any atom is -0.495 e. The van der Waals surface area contributed by atoms with E-state index in [0.29, 0.717) is 11.8 Å². The van der Waals surface area contributed by atoms with E-state index in [-0.39, 0.29) is 0 Å². The zero-order valence-electron chi connectivity index (χ0n) is 17.8. The van der Waals surface area contributed by atoms with Gasteiger partial charge < -0.3 is 20.3 Å². The molecule has 2 aromatic carbocycles. The Labute approximate surface area is 173 Å². The molecule has 0 aliphatic carbocycles. The van der Waals surface area contributed by atoms with Gasteiger partial charge in [-0.2, -0.15) is 4.98 Å². The number of benzene rings is 2. The molecule has 0 amide bonds. The predicted molar refractivity (Wildman–Crippen MR) is 121 cm³/mol. The molecule has 0 bridgehead atoms. The molecule has 0 atom stereocenters. The number of rotatable bonds is 8. The van der Waals surface area contributed by atoms with Gasteiger partial charge in [-0.15, -0.1) is 0 Å². The van der Waals surface area contributed by atoms with Crippen LogP contribution in [0.15, 0.2) is 48.7 Å². The van der Waals surface area contributed by atoms with Crippen LogP contribution in [0.25, 0.3) is 0 Å². The highest BCUT2D eigenvalue weighted by molar-refractivity contribution is 5.67. The number of aryl methyl sites for hydroxylation is 2. The fourth-order valence-corrected chi connectivity index (χ4v) is 3.24. The molecule has 0 radical (unpaired) electrons. The quantitative estimate of drug-likeness (QED) is 0.533. The van der Waals surface area contributed by atoms with Gasteiger partial charge in [0.1, 0.15) is 11.6 Å². The highest BCUT2D eigenvalue weighted by Crippen LogP contribution is 2.29. The van der Waals surface area contributed by atoms with E-state index >= 15 is 0 Å². The van der Waals surface area contributed by atoms with Crippen molar-refractivity contribution in [2.24, 2.45) is 0 Å². The number of nitrogens with one attached hydrogen (secondary N) is 2. The fourth-order valence-electron chi connectivity index (χ4n) is 3.24. The Morgan fingerprint density at radius 1 is 0.931 bits per heavy atom. The van der Waals surface area contributed by atoms with E-state index in [0.717, 1.165) is 41.3 Å². The van der Waals surface area contributed by atoms with Gasteiger partial charge in [0, 0.05) is 30.7 Å². The van der Waals surface area contributed by atoms with Gasteiger partial charge in [0.25, 0.3) is 0 Å². The molecule has 0 saturated heterocycles. The number of nitrogens with zero attached hydrogens (tertiary/aromatic N) is 3. The minimum atomic E-state index is 0.542. The van der Waals surface area contributed by atoms with Crippen LogP contribution in [0.2, 0.25) is 0 Å². The summed E-state index contributed by atoms with van der Waals surface area (Å²) in [6, 6.07) is 14.2. The summed E-state index contributed by atoms with van der Waals surface area (Å²) in [4.78, 5) is 11.3. The fraction of sp³-hybridized carbons (Fsp3) is 0.304. The molecule has 3 rings (SSSR count). The standard InChI is InChI=1S/C23H29N5O/c1-6-28(7-2)18-9-10-19(17(4)15-18)26-23-24-13-12-22(27-23)25-20-14-16(3)8-11-21(20)29-5/h8-15H,6-7H2,1-5H3,(H2,24,25,26,27). The average Bonchev–Trinajstić information content (AvgIpc) is 2.71. The lowest BCUT2D eigenvalue weighted by atomic mass is 10.1. The van der Waals surface area contributed by atoms with Crippen LogP contribution in [0.3, 0.4) is 0 Å². The van der Waals surface area contributed by atoms with Crippen LogP contribution < -0.4 is 20.3 Å². The zero-order valence-corrected chi connectivity index (χ0v) is 17.8. The van der Waals surface area contributed by atoms with Gasteiger partial charge in [-0.25, -0.2) is 4.98 Å². The van der Waals surface area contributed by atoms with Crippen LogP contribution in [0.1, 0.15) is 25.0 Å². The number of aromatic nitrogens is 2. The van der Waals surface area contributed by atoms with Crippen LogP contribution in [0.4, 0.5) is 28.8 Å². The van der Waals surface area contributed by atoms with Crippen LogP contribution in [0, 0.1) is 13.8 Å². The maximum Gasteiger partial charge on any atom is 0.229 e. The van der Waals surface area contributed by atoms with Crippen molar-refractivity contribution in [2.75, 3.05) is 35.7 Å². The summed E-state index contributed by atoms with van der Waals surface area (Å²) in [5.41, 5.74) is 5.38. The number of hydrogen-bond donors (Lipinski definition) is 2. The summed E-state index contributed by atoms with van der Waals surface area (Å²) in [6.07, 6.45) is 1.74. The van der Waals surface area contributed by atoms with Gasteiger partial charge >= 0.3 is 0 Å². The lowest BCUT2D eigenvalue weighted by Crippen LogP contribution is -2.21. The van der Waals surface area contributed by atoms with E-state index in [1.54, 1.807) is 13.3 Å².